The summed E-state index contributed by atoms with van der Waals surface area (Å²) in [6.07, 6.45) is 0. The molecule has 0 aliphatic heterocycles. The summed E-state index contributed by atoms with van der Waals surface area (Å²) in [6, 6.07) is 5.26. The lowest BCUT2D eigenvalue weighted by Gasteiger charge is -2.12. The number of halogens is 2. The number of anilines is 1. The van der Waals surface area contributed by atoms with Crippen LogP contribution in [0.15, 0.2) is 18.2 Å². The molecule has 0 saturated heterocycles. The maximum absolute atomic E-state index is 8.84. The van der Waals surface area contributed by atoms with Gasteiger partial charge in [0.15, 0.2) is 0 Å². The molecule has 2 N–H and O–H groups in total. The smallest absolute Gasteiger partial charge is 0.0638 e. The SMILES string of the molecule is CC(CO)CNc1cc(Cl)ccc1Cl. The fraction of sp³-hybridized carbons (Fsp3) is 0.400. The molecule has 0 bridgehead atoms. The van der Waals surface area contributed by atoms with Crippen LogP contribution in [-0.4, -0.2) is 18.3 Å². The van der Waals surface area contributed by atoms with Crippen molar-refractivity contribution in [3.63, 3.8) is 0 Å². The second kappa shape index (κ2) is 5.44. The lowest BCUT2D eigenvalue weighted by atomic mass is 10.2. The van der Waals surface area contributed by atoms with Gasteiger partial charge in [0.05, 0.1) is 10.7 Å². The Labute approximate surface area is 93.8 Å². The quantitative estimate of drug-likeness (QED) is 0.839. The van der Waals surface area contributed by atoms with Gasteiger partial charge in [0, 0.05) is 18.2 Å². The molecule has 2 nitrogen and oxygen atoms in total. The van der Waals surface area contributed by atoms with Gasteiger partial charge in [-0.3, -0.25) is 0 Å². The third-order valence-electron chi connectivity index (χ3n) is 1.88. The van der Waals surface area contributed by atoms with Gasteiger partial charge in [-0.15, -0.1) is 0 Å². The molecule has 0 saturated carbocycles. The number of nitrogens with one attached hydrogen (secondary N) is 1. The number of benzene rings is 1. The lowest BCUT2D eigenvalue weighted by molar-refractivity contribution is 0.244. The van der Waals surface area contributed by atoms with Crippen molar-refractivity contribution >= 4 is 28.9 Å². The van der Waals surface area contributed by atoms with Crippen LogP contribution >= 0.6 is 23.2 Å². The molecular weight excluding hydrogens is 221 g/mol. The summed E-state index contributed by atoms with van der Waals surface area (Å²) < 4.78 is 0. The first kappa shape index (κ1) is 11.6. The summed E-state index contributed by atoms with van der Waals surface area (Å²) in [5, 5.41) is 13.3. The van der Waals surface area contributed by atoms with Gasteiger partial charge in [-0.1, -0.05) is 30.1 Å². The van der Waals surface area contributed by atoms with E-state index in [4.69, 9.17) is 28.3 Å². The summed E-state index contributed by atoms with van der Waals surface area (Å²) in [5.41, 5.74) is 0.805. The summed E-state index contributed by atoms with van der Waals surface area (Å²) in [5.74, 6) is 0.199. The van der Waals surface area contributed by atoms with Crippen molar-refractivity contribution in [2.24, 2.45) is 5.92 Å². The first-order valence-electron chi connectivity index (χ1n) is 4.43. The molecule has 0 aliphatic rings. The van der Waals surface area contributed by atoms with Crippen molar-refractivity contribution in [3.8, 4) is 0 Å². The molecule has 1 unspecified atom stereocenters. The fourth-order valence-electron chi connectivity index (χ4n) is 0.982. The van der Waals surface area contributed by atoms with E-state index in [0.29, 0.717) is 16.6 Å². The van der Waals surface area contributed by atoms with Crippen LogP contribution in [-0.2, 0) is 0 Å². The lowest BCUT2D eigenvalue weighted by Crippen LogP contribution is -2.14. The van der Waals surface area contributed by atoms with Crippen LogP contribution in [0.1, 0.15) is 6.92 Å². The van der Waals surface area contributed by atoms with Gasteiger partial charge in [0.1, 0.15) is 0 Å². The number of hydrogen-bond donors (Lipinski definition) is 2. The molecule has 4 heteroatoms. The molecule has 0 spiro atoms. The molecule has 1 atom stereocenters. The van der Waals surface area contributed by atoms with Crippen LogP contribution in [0.4, 0.5) is 5.69 Å². The summed E-state index contributed by atoms with van der Waals surface area (Å²) in [4.78, 5) is 0. The first-order valence-corrected chi connectivity index (χ1v) is 5.19. The van der Waals surface area contributed by atoms with Gasteiger partial charge in [0.25, 0.3) is 0 Å². The van der Waals surface area contributed by atoms with Crippen LogP contribution in [0.2, 0.25) is 10.0 Å². The van der Waals surface area contributed by atoms with E-state index >= 15 is 0 Å². The Kier molecular flexibility index (Phi) is 4.52. The molecule has 0 aliphatic carbocycles. The Balaban J connectivity index is 2.62. The topological polar surface area (TPSA) is 32.3 Å². The van der Waals surface area contributed by atoms with Gasteiger partial charge >= 0.3 is 0 Å². The molecule has 1 rings (SSSR count). The average Bonchev–Trinajstić information content (AvgIpc) is 2.19. The zero-order valence-electron chi connectivity index (χ0n) is 7.93. The van der Waals surface area contributed by atoms with Crippen molar-refractivity contribution in [1.29, 1.82) is 0 Å². The molecular formula is C10H13Cl2NO. The van der Waals surface area contributed by atoms with Gasteiger partial charge in [0.2, 0.25) is 0 Å². The van der Waals surface area contributed by atoms with Crippen molar-refractivity contribution in [2.45, 2.75) is 6.92 Å². The fourth-order valence-corrected chi connectivity index (χ4v) is 1.34. The van der Waals surface area contributed by atoms with Crippen molar-refractivity contribution in [1.82, 2.24) is 0 Å². The maximum Gasteiger partial charge on any atom is 0.0638 e. The monoisotopic (exact) mass is 233 g/mol. The minimum Gasteiger partial charge on any atom is -0.396 e. The third kappa shape index (κ3) is 3.37. The summed E-state index contributed by atoms with van der Waals surface area (Å²) in [7, 11) is 0. The standard InChI is InChI=1S/C10H13Cl2NO/c1-7(6-14)5-13-10-4-8(11)2-3-9(10)12/h2-4,7,13-14H,5-6H2,1H3. The van der Waals surface area contributed by atoms with E-state index in [1.165, 1.54) is 0 Å². The Morgan fingerprint density at radius 3 is 2.79 bits per heavy atom. The number of aliphatic hydroxyl groups is 1. The van der Waals surface area contributed by atoms with Crippen molar-refractivity contribution in [3.05, 3.63) is 28.2 Å². The van der Waals surface area contributed by atoms with Gasteiger partial charge in [-0.2, -0.15) is 0 Å². The maximum atomic E-state index is 8.84. The molecule has 0 aromatic heterocycles. The zero-order valence-corrected chi connectivity index (χ0v) is 9.44. The third-order valence-corrected chi connectivity index (χ3v) is 2.45. The normalized spacial score (nSPS) is 12.6. The minimum atomic E-state index is 0.158. The molecule has 1 aromatic carbocycles. The van der Waals surface area contributed by atoms with E-state index in [2.05, 4.69) is 5.32 Å². The van der Waals surface area contributed by atoms with Crippen LogP contribution in [0, 0.1) is 5.92 Å². The van der Waals surface area contributed by atoms with E-state index < -0.39 is 0 Å². The van der Waals surface area contributed by atoms with Gasteiger partial charge < -0.3 is 10.4 Å². The highest BCUT2D eigenvalue weighted by Gasteiger charge is 2.03. The molecule has 0 heterocycles. The average molecular weight is 234 g/mol. The van der Waals surface area contributed by atoms with Crippen LogP contribution in [0.25, 0.3) is 0 Å². The second-order valence-electron chi connectivity index (χ2n) is 3.29. The van der Waals surface area contributed by atoms with Crippen molar-refractivity contribution in [2.75, 3.05) is 18.5 Å². The highest BCUT2D eigenvalue weighted by Crippen LogP contribution is 2.25. The Bertz CT molecular complexity index is 304. The molecule has 0 radical (unpaired) electrons. The van der Waals surface area contributed by atoms with E-state index in [0.717, 1.165) is 5.69 Å². The molecule has 0 fully saturated rings. The molecule has 1 aromatic rings. The van der Waals surface area contributed by atoms with E-state index in [1.54, 1.807) is 18.2 Å². The molecule has 14 heavy (non-hydrogen) atoms. The number of hydrogen-bond acceptors (Lipinski definition) is 2. The van der Waals surface area contributed by atoms with Crippen LogP contribution < -0.4 is 5.32 Å². The van der Waals surface area contributed by atoms with E-state index in [-0.39, 0.29) is 12.5 Å². The predicted octanol–water partition coefficient (Wildman–Crippen LogP) is 3.03. The second-order valence-corrected chi connectivity index (χ2v) is 4.14. The highest BCUT2D eigenvalue weighted by molar-refractivity contribution is 6.35. The Hall–Kier alpha value is -0.440. The molecule has 0 amide bonds. The highest BCUT2D eigenvalue weighted by atomic mass is 35.5. The van der Waals surface area contributed by atoms with Crippen LogP contribution in [0.3, 0.4) is 0 Å². The molecule has 78 valence electrons. The predicted molar refractivity (Wildman–Crippen MR) is 61.2 cm³/mol. The number of aliphatic hydroxyl groups excluding tert-OH is 1. The zero-order chi connectivity index (χ0) is 10.6. The Morgan fingerprint density at radius 2 is 2.14 bits per heavy atom. The van der Waals surface area contributed by atoms with Gasteiger partial charge in [-0.05, 0) is 24.1 Å². The minimum absolute atomic E-state index is 0.158. The van der Waals surface area contributed by atoms with Gasteiger partial charge in [-0.25, -0.2) is 0 Å². The van der Waals surface area contributed by atoms with E-state index in [9.17, 15) is 0 Å². The van der Waals surface area contributed by atoms with Crippen molar-refractivity contribution < 1.29 is 5.11 Å². The number of rotatable bonds is 4. The Morgan fingerprint density at radius 1 is 1.43 bits per heavy atom. The summed E-state index contributed by atoms with van der Waals surface area (Å²) in [6.45, 7) is 2.78. The first-order chi connectivity index (χ1) is 6.63. The summed E-state index contributed by atoms with van der Waals surface area (Å²) >= 11 is 11.8. The largest absolute Gasteiger partial charge is 0.396 e. The van der Waals surface area contributed by atoms with Crippen LogP contribution in [0.5, 0.6) is 0 Å². The van der Waals surface area contributed by atoms with E-state index in [1.807, 2.05) is 6.92 Å².